The molecule has 0 spiro atoms. The van der Waals surface area contributed by atoms with E-state index in [1.165, 1.54) is 11.8 Å². The first kappa shape index (κ1) is 19.6. The molecule has 0 aliphatic carbocycles. The van der Waals surface area contributed by atoms with Gasteiger partial charge in [-0.15, -0.1) is 11.8 Å². The number of thioether (sulfide) groups is 1. The van der Waals surface area contributed by atoms with Crippen LogP contribution in [0.3, 0.4) is 0 Å². The molecule has 0 bridgehead atoms. The third kappa shape index (κ3) is 4.24. The minimum atomic E-state index is -0.203. The molecule has 146 valence electrons. The highest BCUT2D eigenvalue weighted by Gasteiger charge is 2.31. The van der Waals surface area contributed by atoms with Crippen LogP contribution in [-0.2, 0) is 4.79 Å². The molecular formula is C20H27N3O3S. The molecule has 2 atom stereocenters. The van der Waals surface area contributed by atoms with Crippen molar-refractivity contribution in [3.05, 3.63) is 45.7 Å². The average molecular weight is 390 g/mol. The van der Waals surface area contributed by atoms with Crippen molar-refractivity contribution < 1.29 is 9.53 Å². The van der Waals surface area contributed by atoms with Gasteiger partial charge in [0.05, 0.1) is 22.7 Å². The Balaban J connectivity index is 2.01. The molecule has 0 fully saturated rings. The Morgan fingerprint density at radius 3 is 2.56 bits per heavy atom. The van der Waals surface area contributed by atoms with E-state index in [-0.39, 0.29) is 28.9 Å². The second-order valence-corrected chi connectivity index (χ2v) is 8.28. The molecule has 3 rings (SSSR count). The number of carbonyl (C=O) groups is 1. The number of hydrogen-bond donors (Lipinski definition) is 2. The normalized spacial score (nSPS) is 18.0. The van der Waals surface area contributed by atoms with E-state index < -0.39 is 0 Å². The predicted octanol–water partition coefficient (Wildman–Crippen LogP) is 4.10. The van der Waals surface area contributed by atoms with Crippen molar-refractivity contribution in [2.45, 2.75) is 57.9 Å². The van der Waals surface area contributed by atoms with Crippen LogP contribution in [0.1, 0.15) is 63.0 Å². The maximum Gasteiger partial charge on any atom is 0.270 e. The van der Waals surface area contributed by atoms with Gasteiger partial charge in [0.2, 0.25) is 5.91 Å². The quantitative estimate of drug-likeness (QED) is 0.780. The smallest absolute Gasteiger partial charge is 0.270 e. The molecule has 2 aromatic rings. The van der Waals surface area contributed by atoms with Gasteiger partial charge in [-0.3, -0.25) is 19.4 Å². The zero-order chi connectivity index (χ0) is 19.6. The molecule has 0 radical (unpaired) electrons. The number of amides is 1. The molecule has 27 heavy (non-hydrogen) atoms. The summed E-state index contributed by atoms with van der Waals surface area (Å²) in [6, 6.07) is 7.89. The lowest BCUT2D eigenvalue weighted by Crippen LogP contribution is -2.18. The fraction of sp³-hybridized carbons (Fsp3) is 0.500. The summed E-state index contributed by atoms with van der Waals surface area (Å²) in [6.45, 7) is 8.13. The fourth-order valence-electron chi connectivity index (χ4n) is 3.38. The van der Waals surface area contributed by atoms with Crippen LogP contribution in [-0.4, -0.2) is 27.5 Å². The lowest BCUT2D eigenvalue weighted by atomic mass is 10.1. The van der Waals surface area contributed by atoms with E-state index in [4.69, 9.17) is 4.74 Å². The topological polar surface area (TPSA) is 76.1 Å². The van der Waals surface area contributed by atoms with Crippen LogP contribution in [0.2, 0.25) is 0 Å². The van der Waals surface area contributed by atoms with Gasteiger partial charge < -0.3 is 10.1 Å². The molecule has 0 saturated carbocycles. The van der Waals surface area contributed by atoms with Crippen molar-refractivity contribution in [2.75, 3.05) is 11.1 Å². The lowest BCUT2D eigenvalue weighted by molar-refractivity contribution is -0.113. The van der Waals surface area contributed by atoms with Gasteiger partial charge in [0.1, 0.15) is 11.6 Å². The average Bonchev–Trinajstić information content (AvgIpc) is 2.82. The van der Waals surface area contributed by atoms with Crippen molar-refractivity contribution in [3.63, 3.8) is 0 Å². The van der Waals surface area contributed by atoms with E-state index in [9.17, 15) is 9.59 Å². The molecule has 1 aromatic heterocycles. The van der Waals surface area contributed by atoms with Crippen molar-refractivity contribution in [2.24, 2.45) is 0 Å². The van der Waals surface area contributed by atoms with Crippen LogP contribution in [0, 0.1) is 0 Å². The second kappa shape index (κ2) is 8.25. The van der Waals surface area contributed by atoms with Crippen molar-refractivity contribution in [1.82, 2.24) is 9.78 Å². The van der Waals surface area contributed by atoms with Crippen LogP contribution < -0.4 is 15.6 Å². The van der Waals surface area contributed by atoms with E-state index in [1.54, 1.807) is 0 Å². The first-order valence-corrected chi connectivity index (χ1v) is 10.5. The Bertz CT molecular complexity index is 854. The maximum atomic E-state index is 12.8. The van der Waals surface area contributed by atoms with Gasteiger partial charge in [0, 0.05) is 6.04 Å². The predicted molar refractivity (Wildman–Crippen MR) is 110 cm³/mol. The van der Waals surface area contributed by atoms with Gasteiger partial charge >= 0.3 is 0 Å². The number of fused-ring (bicyclic) bond motifs is 1. The summed E-state index contributed by atoms with van der Waals surface area (Å²) in [5.41, 5.74) is 1.46. The third-order valence-electron chi connectivity index (χ3n) is 4.57. The number of aromatic amines is 1. The largest absolute Gasteiger partial charge is 0.491 e. The van der Waals surface area contributed by atoms with E-state index in [0.717, 1.165) is 24.2 Å². The molecule has 7 heteroatoms. The molecular weight excluding hydrogens is 362 g/mol. The number of rotatable bonds is 6. The van der Waals surface area contributed by atoms with E-state index in [0.29, 0.717) is 17.1 Å². The summed E-state index contributed by atoms with van der Waals surface area (Å²) >= 11 is 1.47. The number of aromatic nitrogens is 2. The Morgan fingerprint density at radius 2 is 1.93 bits per heavy atom. The highest BCUT2D eigenvalue weighted by Crippen LogP contribution is 2.40. The number of H-pyrrole nitrogens is 1. The molecule has 1 aromatic carbocycles. The monoisotopic (exact) mass is 389 g/mol. The summed E-state index contributed by atoms with van der Waals surface area (Å²) in [6.07, 6.45) is 2.03. The Labute approximate surface area is 163 Å². The van der Waals surface area contributed by atoms with E-state index >= 15 is 0 Å². The standard InChI is InChI=1S/C20H27N3O3S/c1-5-6-13(4)23-19-17(20(25)22-23)18(27-11-16(24)21-19)14-7-9-15(10-8-14)26-12(2)3/h7-10,12-13,18H,5-6,11H2,1-4H3,(H,21,24)(H,22,25)/t13-,18+/m1/s1. The molecule has 6 nitrogen and oxygen atoms in total. The summed E-state index contributed by atoms with van der Waals surface area (Å²) in [5, 5.41) is 5.67. The van der Waals surface area contributed by atoms with E-state index in [2.05, 4.69) is 24.3 Å². The summed E-state index contributed by atoms with van der Waals surface area (Å²) in [7, 11) is 0. The maximum absolute atomic E-state index is 12.8. The van der Waals surface area contributed by atoms with Crippen LogP contribution in [0.4, 0.5) is 5.82 Å². The highest BCUT2D eigenvalue weighted by atomic mass is 32.2. The first-order chi connectivity index (χ1) is 12.9. The molecule has 1 amide bonds. The Kier molecular flexibility index (Phi) is 5.99. The van der Waals surface area contributed by atoms with Crippen molar-refractivity contribution in [1.29, 1.82) is 0 Å². The number of nitrogens with one attached hydrogen (secondary N) is 2. The minimum Gasteiger partial charge on any atom is -0.491 e. The number of benzene rings is 1. The van der Waals surface area contributed by atoms with Crippen molar-refractivity contribution >= 4 is 23.5 Å². The highest BCUT2D eigenvalue weighted by molar-refractivity contribution is 8.00. The zero-order valence-corrected chi connectivity index (χ0v) is 17.1. The zero-order valence-electron chi connectivity index (χ0n) is 16.2. The second-order valence-electron chi connectivity index (χ2n) is 7.19. The van der Waals surface area contributed by atoms with Crippen LogP contribution in [0.5, 0.6) is 5.75 Å². The Morgan fingerprint density at radius 1 is 1.22 bits per heavy atom. The number of hydrogen-bond acceptors (Lipinski definition) is 4. The van der Waals surface area contributed by atoms with Gasteiger partial charge in [-0.1, -0.05) is 25.5 Å². The summed E-state index contributed by atoms with van der Waals surface area (Å²) in [4.78, 5) is 25.0. The number of anilines is 1. The molecule has 1 aliphatic heterocycles. The molecule has 2 heterocycles. The van der Waals surface area contributed by atoms with E-state index in [1.807, 2.05) is 42.8 Å². The van der Waals surface area contributed by atoms with Crippen LogP contribution >= 0.6 is 11.8 Å². The number of carbonyl (C=O) groups excluding carboxylic acids is 1. The minimum absolute atomic E-state index is 0.0834. The number of nitrogens with zero attached hydrogens (tertiary/aromatic N) is 1. The van der Waals surface area contributed by atoms with Crippen LogP contribution in [0.25, 0.3) is 0 Å². The lowest BCUT2D eigenvalue weighted by Gasteiger charge is -2.17. The van der Waals surface area contributed by atoms with Gasteiger partial charge in [-0.25, -0.2) is 0 Å². The van der Waals surface area contributed by atoms with Gasteiger partial charge in [0.25, 0.3) is 5.56 Å². The number of ether oxygens (including phenoxy) is 1. The molecule has 2 N–H and O–H groups in total. The van der Waals surface area contributed by atoms with Gasteiger partial charge in [0.15, 0.2) is 0 Å². The molecule has 0 saturated heterocycles. The van der Waals surface area contributed by atoms with Crippen molar-refractivity contribution in [3.8, 4) is 5.75 Å². The van der Waals surface area contributed by atoms with Gasteiger partial charge in [-0.2, -0.15) is 0 Å². The Hall–Kier alpha value is -2.15. The third-order valence-corrected chi connectivity index (χ3v) is 5.84. The fourth-order valence-corrected chi connectivity index (χ4v) is 4.50. The molecule has 1 aliphatic rings. The van der Waals surface area contributed by atoms with Crippen LogP contribution in [0.15, 0.2) is 29.1 Å². The molecule has 0 unspecified atom stereocenters. The SMILES string of the molecule is CCC[C@@H](C)n1[nH]c(=O)c2c1NC(=O)CS[C@H]2c1ccc(OC(C)C)cc1. The first-order valence-electron chi connectivity index (χ1n) is 9.43. The summed E-state index contributed by atoms with van der Waals surface area (Å²) in [5.74, 6) is 1.62. The van der Waals surface area contributed by atoms with Gasteiger partial charge in [-0.05, 0) is 44.9 Å². The summed E-state index contributed by atoms with van der Waals surface area (Å²) < 4.78 is 7.52.